The van der Waals surface area contributed by atoms with E-state index in [-0.39, 0.29) is 24.8 Å². The number of amides is 1. The molecular weight excluding hydrogens is 346 g/mol. The molecule has 7 nitrogen and oxygen atoms in total. The molecule has 1 N–H and O–H groups in total. The average molecular weight is 369 g/mol. The van der Waals surface area contributed by atoms with Crippen molar-refractivity contribution in [1.29, 1.82) is 0 Å². The van der Waals surface area contributed by atoms with E-state index >= 15 is 0 Å². The van der Waals surface area contributed by atoms with E-state index in [9.17, 15) is 9.90 Å². The number of aliphatic hydroxyl groups is 1. The molecule has 2 aliphatic rings. The summed E-state index contributed by atoms with van der Waals surface area (Å²) in [7, 11) is 0. The minimum Gasteiger partial charge on any atom is -0.445 e. The molecule has 4 rings (SSSR count). The highest BCUT2D eigenvalue weighted by Gasteiger charge is 2.50. The number of carbonyl (C=O) groups is 1. The molecule has 2 aromatic rings. The molecule has 0 spiro atoms. The number of benzene rings is 1. The van der Waals surface area contributed by atoms with E-state index in [2.05, 4.69) is 9.97 Å². The van der Waals surface area contributed by atoms with Crippen LogP contribution in [0.1, 0.15) is 29.9 Å². The Morgan fingerprint density at radius 2 is 1.96 bits per heavy atom. The average Bonchev–Trinajstić information content (AvgIpc) is 2.66. The van der Waals surface area contributed by atoms with Crippen LogP contribution in [0.15, 0.2) is 42.6 Å². The van der Waals surface area contributed by atoms with E-state index in [1.807, 2.05) is 37.3 Å². The first-order chi connectivity index (χ1) is 13.0. The van der Waals surface area contributed by atoms with E-state index in [1.54, 1.807) is 17.2 Å². The molecule has 2 saturated heterocycles. The van der Waals surface area contributed by atoms with Gasteiger partial charge in [-0.15, -0.1) is 0 Å². The normalized spacial score (nSPS) is 27.3. The fraction of sp³-hybridized carbons (Fsp3) is 0.450. The Hall–Kier alpha value is -2.51. The van der Waals surface area contributed by atoms with Gasteiger partial charge in [-0.05, 0) is 18.6 Å². The van der Waals surface area contributed by atoms with Crippen molar-refractivity contribution in [2.45, 2.75) is 44.1 Å². The Kier molecular flexibility index (Phi) is 4.80. The third-order valence-electron chi connectivity index (χ3n) is 5.18. The monoisotopic (exact) mass is 369 g/mol. The largest absolute Gasteiger partial charge is 0.445 e. The Labute approximate surface area is 158 Å². The second-order valence-corrected chi connectivity index (χ2v) is 7.25. The van der Waals surface area contributed by atoms with Crippen molar-refractivity contribution in [3.63, 3.8) is 0 Å². The van der Waals surface area contributed by atoms with E-state index < -0.39 is 5.60 Å². The van der Waals surface area contributed by atoms with Crippen molar-refractivity contribution < 1.29 is 19.4 Å². The zero-order valence-corrected chi connectivity index (χ0v) is 15.2. The quantitative estimate of drug-likeness (QED) is 0.893. The molecule has 1 aromatic heterocycles. The number of carbonyl (C=O) groups excluding carboxylic acids is 1. The zero-order valence-electron chi connectivity index (χ0n) is 15.2. The highest BCUT2D eigenvalue weighted by molar-refractivity contribution is 5.69. The lowest BCUT2D eigenvalue weighted by Crippen LogP contribution is -2.62. The summed E-state index contributed by atoms with van der Waals surface area (Å²) in [5.41, 5.74) is 0.579. The molecule has 1 aromatic carbocycles. The van der Waals surface area contributed by atoms with Crippen LogP contribution in [-0.2, 0) is 21.7 Å². The van der Waals surface area contributed by atoms with Gasteiger partial charge < -0.3 is 14.6 Å². The highest BCUT2D eigenvalue weighted by Crippen LogP contribution is 2.40. The first-order valence-corrected chi connectivity index (χ1v) is 9.14. The molecule has 27 heavy (non-hydrogen) atoms. The summed E-state index contributed by atoms with van der Waals surface area (Å²) in [5, 5.41) is 11.2. The van der Waals surface area contributed by atoms with Gasteiger partial charge in [-0.2, -0.15) is 0 Å². The standard InChI is InChI=1S/C20H23N3O4/c1-14-7-8-21-18(22-14)20(25)9-16-12-26-13-17(10-20)23(16)19(24)27-11-15-5-3-2-4-6-15/h2-8,16-17,25H,9-13H2,1H3. The van der Waals surface area contributed by atoms with Gasteiger partial charge in [0, 0.05) is 24.7 Å². The first kappa shape index (κ1) is 17.9. The fourth-order valence-electron chi connectivity index (χ4n) is 3.92. The number of nitrogens with zero attached hydrogens (tertiary/aromatic N) is 3. The third kappa shape index (κ3) is 3.65. The number of ether oxygens (including phenoxy) is 2. The molecule has 2 unspecified atom stereocenters. The lowest BCUT2D eigenvalue weighted by molar-refractivity contribution is -0.139. The summed E-state index contributed by atoms with van der Waals surface area (Å²) < 4.78 is 11.1. The van der Waals surface area contributed by atoms with Crippen LogP contribution in [0.25, 0.3) is 0 Å². The van der Waals surface area contributed by atoms with Crippen molar-refractivity contribution in [3.8, 4) is 0 Å². The van der Waals surface area contributed by atoms with Crippen LogP contribution >= 0.6 is 0 Å². The second kappa shape index (κ2) is 7.25. The van der Waals surface area contributed by atoms with Gasteiger partial charge in [-0.1, -0.05) is 30.3 Å². The van der Waals surface area contributed by atoms with Gasteiger partial charge in [0.05, 0.1) is 25.3 Å². The lowest BCUT2D eigenvalue weighted by atomic mass is 9.80. The van der Waals surface area contributed by atoms with Gasteiger partial charge in [-0.3, -0.25) is 4.90 Å². The number of rotatable bonds is 3. The topological polar surface area (TPSA) is 84.8 Å². The smallest absolute Gasteiger partial charge is 0.410 e. The molecule has 0 saturated carbocycles. The van der Waals surface area contributed by atoms with Crippen LogP contribution in [0.2, 0.25) is 0 Å². The number of morpholine rings is 1. The van der Waals surface area contributed by atoms with E-state index in [0.29, 0.717) is 31.9 Å². The first-order valence-electron chi connectivity index (χ1n) is 9.14. The van der Waals surface area contributed by atoms with Crippen molar-refractivity contribution in [1.82, 2.24) is 14.9 Å². The molecule has 3 heterocycles. The number of hydrogen-bond acceptors (Lipinski definition) is 6. The summed E-state index contributed by atoms with van der Waals surface area (Å²) in [6.07, 6.45) is 1.94. The van der Waals surface area contributed by atoms with Crippen LogP contribution < -0.4 is 0 Å². The number of aryl methyl sites for hydroxylation is 1. The maximum Gasteiger partial charge on any atom is 0.410 e. The van der Waals surface area contributed by atoms with Gasteiger partial charge >= 0.3 is 6.09 Å². The Balaban J connectivity index is 1.49. The summed E-state index contributed by atoms with van der Waals surface area (Å²) >= 11 is 0. The molecule has 2 bridgehead atoms. The fourth-order valence-corrected chi connectivity index (χ4v) is 3.92. The van der Waals surface area contributed by atoms with E-state index in [4.69, 9.17) is 9.47 Å². The second-order valence-electron chi connectivity index (χ2n) is 7.25. The Morgan fingerprint density at radius 3 is 2.63 bits per heavy atom. The van der Waals surface area contributed by atoms with Crippen LogP contribution in [0, 0.1) is 6.92 Å². The number of hydrogen-bond donors (Lipinski definition) is 1. The summed E-state index contributed by atoms with van der Waals surface area (Å²) in [5.74, 6) is 0.414. The molecule has 2 aliphatic heterocycles. The molecule has 142 valence electrons. The minimum absolute atomic E-state index is 0.224. The maximum atomic E-state index is 12.7. The molecular formula is C20H23N3O4. The number of aromatic nitrogens is 2. The molecule has 2 fully saturated rings. The van der Waals surface area contributed by atoms with E-state index in [0.717, 1.165) is 11.3 Å². The maximum absolute atomic E-state index is 12.7. The van der Waals surface area contributed by atoms with Gasteiger partial charge in [0.25, 0.3) is 0 Å². The van der Waals surface area contributed by atoms with Gasteiger partial charge in [0.1, 0.15) is 12.2 Å². The lowest BCUT2D eigenvalue weighted by Gasteiger charge is -2.50. The molecule has 0 radical (unpaired) electrons. The SMILES string of the molecule is Cc1ccnc(C2(O)CC3COCC(C2)N3C(=O)OCc2ccccc2)n1. The highest BCUT2D eigenvalue weighted by atomic mass is 16.6. The van der Waals surface area contributed by atoms with Crippen molar-refractivity contribution >= 4 is 6.09 Å². The summed E-state index contributed by atoms with van der Waals surface area (Å²) in [6, 6.07) is 10.8. The van der Waals surface area contributed by atoms with Crippen LogP contribution in [0.4, 0.5) is 4.79 Å². The molecule has 1 amide bonds. The van der Waals surface area contributed by atoms with Crippen molar-refractivity contribution in [2.24, 2.45) is 0 Å². The van der Waals surface area contributed by atoms with E-state index in [1.165, 1.54) is 0 Å². The summed E-state index contributed by atoms with van der Waals surface area (Å²) in [6.45, 7) is 2.83. The van der Waals surface area contributed by atoms with Crippen molar-refractivity contribution in [3.05, 3.63) is 59.7 Å². The van der Waals surface area contributed by atoms with Crippen LogP contribution in [0.5, 0.6) is 0 Å². The molecule has 0 aliphatic carbocycles. The Morgan fingerprint density at radius 1 is 1.26 bits per heavy atom. The predicted octanol–water partition coefficient (Wildman–Crippen LogP) is 2.17. The van der Waals surface area contributed by atoms with Gasteiger partial charge in [0.15, 0.2) is 5.82 Å². The summed E-state index contributed by atoms with van der Waals surface area (Å²) in [4.78, 5) is 23.1. The Bertz CT molecular complexity index is 800. The van der Waals surface area contributed by atoms with Crippen LogP contribution in [-0.4, -0.2) is 51.4 Å². The molecule has 2 atom stereocenters. The zero-order chi connectivity index (χ0) is 18.9. The van der Waals surface area contributed by atoms with Gasteiger partial charge in [-0.25, -0.2) is 14.8 Å². The predicted molar refractivity (Wildman–Crippen MR) is 96.8 cm³/mol. The van der Waals surface area contributed by atoms with Crippen molar-refractivity contribution in [2.75, 3.05) is 13.2 Å². The number of fused-ring (bicyclic) bond motifs is 2. The van der Waals surface area contributed by atoms with Gasteiger partial charge in [0.2, 0.25) is 0 Å². The molecule has 7 heteroatoms. The third-order valence-corrected chi connectivity index (χ3v) is 5.18. The van der Waals surface area contributed by atoms with Crippen LogP contribution in [0.3, 0.4) is 0 Å². The number of piperidine rings is 1. The minimum atomic E-state index is -1.17.